The number of halogens is 1. The average molecular weight is 277 g/mol. The van der Waals surface area contributed by atoms with Crippen molar-refractivity contribution >= 4 is 23.4 Å². The van der Waals surface area contributed by atoms with Gasteiger partial charge < -0.3 is 10.6 Å². The van der Waals surface area contributed by atoms with Crippen molar-refractivity contribution in [3.05, 3.63) is 46.6 Å². The molecule has 0 saturated heterocycles. The third-order valence-corrected chi connectivity index (χ3v) is 3.03. The van der Waals surface area contributed by atoms with Gasteiger partial charge in [0.25, 0.3) is 0 Å². The highest BCUT2D eigenvalue weighted by Gasteiger charge is 2.03. The van der Waals surface area contributed by atoms with Crippen LogP contribution in [0, 0.1) is 6.92 Å². The molecule has 2 rings (SSSR count). The van der Waals surface area contributed by atoms with Crippen LogP contribution in [0.5, 0.6) is 0 Å². The Morgan fingerprint density at radius 2 is 2.16 bits per heavy atom. The second-order valence-electron chi connectivity index (χ2n) is 4.31. The molecule has 0 spiro atoms. The van der Waals surface area contributed by atoms with Gasteiger partial charge in [-0.05, 0) is 18.9 Å². The Hall–Kier alpha value is -1.81. The fourth-order valence-corrected chi connectivity index (χ4v) is 1.96. The number of aromatic nitrogens is 2. The minimum Gasteiger partial charge on any atom is -0.368 e. The SMILES string of the molecule is CNc1ncc(Cl)c(NCCc2cccc(C)c2)n1. The van der Waals surface area contributed by atoms with Gasteiger partial charge in [-0.3, -0.25) is 0 Å². The van der Waals surface area contributed by atoms with E-state index in [1.165, 1.54) is 11.1 Å². The summed E-state index contributed by atoms with van der Waals surface area (Å²) < 4.78 is 0. The molecule has 4 nitrogen and oxygen atoms in total. The summed E-state index contributed by atoms with van der Waals surface area (Å²) in [4.78, 5) is 8.32. The van der Waals surface area contributed by atoms with Gasteiger partial charge in [0, 0.05) is 13.6 Å². The first kappa shape index (κ1) is 13.6. The predicted molar refractivity (Wildman–Crippen MR) is 80.0 cm³/mol. The number of rotatable bonds is 5. The second-order valence-corrected chi connectivity index (χ2v) is 4.71. The smallest absolute Gasteiger partial charge is 0.224 e. The van der Waals surface area contributed by atoms with Crippen molar-refractivity contribution in [2.75, 3.05) is 24.2 Å². The van der Waals surface area contributed by atoms with Crippen LogP contribution < -0.4 is 10.6 Å². The van der Waals surface area contributed by atoms with Crippen LogP contribution in [0.4, 0.5) is 11.8 Å². The molecule has 0 unspecified atom stereocenters. The zero-order valence-electron chi connectivity index (χ0n) is 11.1. The Morgan fingerprint density at radius 1 is 1.32 bits per heavy atom. The normalized spacial score (nSPS) is 10.3. The molecular formula is C14H17ClN4. The zero-order valence-corrected chi connectivity index (χ0v) is 11.8. The summed E-state index contributed by atoms with van der Waals surface area (Å²) in [6, 6.07) is 8.47. The first-order valence-electron chi connectivity index (χ1n) is 6.19. The van der Waals surface area contributed by atoms with Crippen molar-refractivity contribution in [2.45, 2.75) is 13.3 Å². The first-order chi connectivity index (χ1) is 9.19. The number of benzene rings is 1. The number of nitrogens with one attached hydrogen (secondary N) is 2. The highest BCUT2D eigenvalue weighted by molar-refractivity contribution is 6.32. The lowest BCUT2D eigenvalue weighted by Crippen LogP contribution is -2.08. The molecule has 0 saturated carbocycles. The van der Waals surface area contributed by atoms with Crippen molar-refractivity contribution in [3.8, 4) is 0 Å². The van der Waals surface area contributed by atoms with Crippen molar-refractivity contribution in [3.63, 3.8) is 0 Å². The highest BCUT2D eigenvalue weighted by Crippen LogP contribution is 2.19. The van der Waals surface area contributed by atoms with E-state index >= 15 is 0 Å². The fraction of sp³-hybridized carbons (Fsp3) is 0.286. The van der Waals surface area contributed by atoms with E-state index in [-0.39, 0.29) is 0 Å². The molecule has 0 atom stereocenters. The molecule has 19 heavy (non-hydrogen) atoms. The van der Waals surface area contributed by atoms with Crippen LogP contribution in [0.15, 0.2) is 30.5 Å². The van der Waals surface area contributed by atoms with E-state index in [0.29, 0.717) is 16.8 Å². The van der Waals surface area contributed by atoms with Crippen LogP contribution >= 0.6 is 11.6 Å². The number of aryl methyl sites for hydroxylation is 1. The molecule has 1 aromatic heterocycles. The Morgan fingerprint density at radius 3 is 2.89 bits per heavy atom. The van der Waals surface area contributed by atoms with E-state index in [1.54, 1.807) is 13.2 Å². The van der Waals surface area contributed by atoms with E-state index in [9.17, 15) is 0 Å². The van der Waals surface area contributed by atoms with Crippen LogP contribution in [-0.2, 0) is 6.42 Å². The summed E-state index contributed by atoms with van der Waals surface area (Å²) in [5, 5.41) is 6.65. The van der Waals surface area contributed by atoms with Crippen LogP contribution in [0.2, 0.25) is 5.02 Å². The maximum atomic E-state index is 6.04. The second kappa shape index (κ2) is 6.38. The number of hydrogen-bond acceptors (Lipinski definition) is 4. The molecule has 100 valence electrons. The van der Waals surface area contributed by atoms with Crippen molar-refractivity contribution in [2.24, 2.45) is 0 Å². The number of hydrogen-bond donors (Lipinski definition) is 2. The van der Waals surface area contributed by atoms with E-state index in [2.05, 4.69) is 51.8 Å². The Labute approximate surface area is 118 Å². The Bertz CT molecular complexity index is 557. The van der Waals surface area contributed by atoms with Crippen LogP contribution in [0.25, 0.3) is 0 Å². The molecule has 2 N–H and O–H groups in total. The lowest BCUT2D eigenvalue weighted by molar-refractivity contribution is 0.997. The standard InChI is InChI=1S/C14H17ClN4/c1-10-4-3-5-11(8-10)6-7-17-13-12(15)9-18-14(16-2)19-13/h3-5,8-9H,6-7H2,1-2H3,(H2,16,17,18,19). The minimum atomic E-state index is 0.531. The van der Waals surface area contributed by atoms with Gasteiger partial charge in [-0.1, -0.05) is 41.4 Å². The third kappa shape index (κ3) is 3.83. The largest absolute Gasteiger partial charge is 0.368 e. The van der Waals surface area contributed by atoms with Crippen molar-refractivity contribution in [1.82, 2.24) is 9.97 Å². The van der Waals surface area contributed by atoms with Gasteiger partial charge in [-0.2, -0.15) is 4.98 Å². The molecule has 0 aliphatic rings. The molecule has 5 heteroatoms. The van der Waals surface area contributed by atoms with E-state index < -0.39 is 0 Å². The lowest BCUT2D eigenvalue weighted by atomic mass is 10.1. The van der Waals surface area contributed by atoms with Crippen molar-refractivity contribution in [1.29, 1.82) is 0 Å². The Balaban J connectivity index is 1.95. The molecule has 2 aromatic rings. The predicted octanol–water partition coefficient (Wildman–Crippen LogP) is 3.13. The third-order valence-electron chi connectivity index (χ3n) is 2.76. The van der Waals surface area contributed by atoms with Crippen LogP contribution in [0.1, 0.15) is 11.1 Å². The highest BCUT2D eigenvalue weighted by atomic mass is 35.5. The van der Waals surface area contributed by atoms with Crippen LogP contribution in [0.3, 0.4) is 0 Å². The maximum absolute atomic E-state index is 6.04. The maximum Gasteiger partial charge on any atom is 0.224 e. The van der Waals surface area contributed by atoms with Gasteiger partial charge in [0.1, 0.15) is 10.8 Å². The van der Waals surface area contributed by atoms with Gasteiger partial charge in [0.2, 0.25) is 5.95 Å². The summed E-state index contributed by atoms with van der Waals surface area (Å²) in [5.41, 5.74) is 2.57. The van der Waals surface area contributed by atoms with Gasteiger partial charge in [0.05, 0.1) is 6.20 Å². The Kier molecular flexibility index (Phi) is 4.58. The van der Waals surface area contributed by atoms with E-state index in [1.807, 2.05) is 0 Å². The molecule has 0 amide bonds. The summed E-state index contributed by atoms with van der Waals surface area (Å²) in [6.45, 7) is 2.88. The average Bonchev–Trinajstić information content (AvgIpc) is 2.41. The molecular weight excluding hydrogens is 260 g/mol. The van der Waals surface area contributed by atoms with Gasteiger partial charge in [-0.25, -0.2) is 4.98 Å². The molecule has 1 heterocycles. The molecule has 0 radical (unpaired) electrons. The summed E-state index contributed by atoms with van der Waals surface area (Å²) >= 11 is 6.04. The quantitative estimate of drug-likeness (QED) is 0.881. The minimum absolute atomic E-state index is 0.531. The van der Waals surface area contributed by atoms with Crippen molar-refractivity contribution < 1.29 is 0 Å². The fourth-order valence-electron chi connectivity index (χ4n) is 1.80. The molecule has 0 fully saturated rings. The van der Waals surface area contributed by atoms with E-state index in [0.717, 1.165) is 13.0 Å². The van der Waals surface area contributed by atoms with Gasteiger partial charge in [0.15, 0.2) is 0 Å². The first-order valence-corrected chi connectivity index (χ1v) is 6.56. The van der Waals surface area contributed by atoms with Crippen LogP contribution in [-0.4, -0.2) is 23.6 Å². The molecule has 0 aliphatic carbocycles. The summed E-state index contributed by atoms with van der Waals surface area (Å²) in [6.07, 6.45) is 2.52. The molecule has 0 bridgehead atoms. The monoisotopic (exact) mass is 276 g/mol. The number of anilines is 2. The topological polar surface area (TPSA) is 49.8 Å². The van der Waals surface area contributed by atoms with E-state index in [4.69, 9.17) is 11.6 Å². The zero-order chi connectivity index (χ0) is 13.7. The summed E-state index contributed by atoms with van der Waals surface area (Å²) in [7, 11) is 1.78. The number of nitrogens with zero attached hydrogens (tertiary/aromatic N) is 2. The van der Waals surface area contributed by atoms with Gasteiger partial charge in [-0.15, -0.1) is 0 Å². The lowest BCUT2D eigenvalue weighted by Gasteiger charge is -2.09. The molecule has 0 aliphatic heterocycles. The molecule has 1 aromatic carbocycles. The van der Waals surface area contributed by atoms with Gasteiger partial charge >= 0.3 is 0 Å². The summed E-state index contributed by atoms with van der Waals surface area (Å²) in [5.74, 6) is 1.22.